The number of nitrogens with one attached hydrogen (secondary N) is 1. The van der Waals surface area contributed by atoms with Gasteiger partial charge in [-0.05, 0) is 63.3 Å². The first-order chi connectivity index (χ1) is 13.5. The number of esters is 1. The lowest BCUT2D eigenvalue weighted by Gasteiger charge is -2.11. The molecule has 0 aromatic carbocycles. The first kappa shape index (κ1) is 20.3. The molecule has 0 saturated heterocycles. The molecule has 3 rings (SSSR count). The molecule has 7 heteroatoms. The van der Waals surface area contributed by atoms with Gasteiger partial charge in [0.2, 0.25) is 0 Å². The van der Waals surface area contributed by atoms with E-state index >= 15 is 0 Å². The summed E-state index contributed by atoms with van der Waals surface area (Å²) in [5.41, 5.74) is 1.63. The normalized spacial score (nSPS) is 14.8. The first-order valence-electron chi connectivity index (χ1n) is 9.28. The van der Waals surface area contributed by atoms with E-state index < -0.39 is 18.0 Å². The molecule has 146 valence electrons. The Bertz CT molecular complexity index is 949. The fraction of sp³-hybridized carbons (Fsp3) is 0.381. The van der Waals surface area contributed by atoms with Crippen molar-refractivity contribution in [2.75, 3.05) is 5.32 Å². The largest absolute Gasteiger partial charge is 0.449 e. The van der Waals surface area contributed by atoms with Gasteiger partial charge in [-0.1, -0.05) is 6.42 Å². The van der Waals surface area contributed by atoms with Crippen molar-refractivity contribution in [1.29, 1.82) is 5.26 Å². The average Bonchev–Trinajstić information content (AvgIpc) is 3.14. The summed E-state index contributed by atoms with van der Waals surface area (Å²) in [6.07, 6.45) is 7.21. The molecule has 1 atom stereocenters. The van der Waals surface area contributed by atoms with Crippen LogP contribution < -0.4 is 5.32 Å². The highest BCUT2D eigenvalue weighted by Crippen LogP contribution is 2.37. The number of thiophene rings is 2. The Morgan fingerprint density at radius 1 is 1.25 bits per heavy atom. The molecular weight excluding hydrogens is 392 g/mol. The van der Waals surface area contributed by atoms with Crippen molar-refractivity contribution in [3.05, 3.63) is 44.0 Å². The fourth-order valence-corrected chi connectivity index (χ4v) is 5.15. The van der Waals surface area contributed by atoms with Gasteiger partial charge in [0.1, 0.15) is 11.1 Å². The Hall–Kier alpha value is -2.43. The minimum Gasteiger partial charge on any atom is -0.449 e. The van der Waals surface area contributed by atoms with Crippen molar-refractivity contribution in [2.24, 2.45) is 0 Å². The van der Waals surface area contributed by atoms with E-state index in [4.69, 9.17) is 4.74 Å². The predicted molar refractivity (Wildman–Crippen MR) is 113 cm³/mol. The molecule has 1 amide bonds. The Morgan fingerprint density at radius 3 is 2.75 bits per heavy atom. The maximum Gasteiger partial charge on any atom is 0.331 e. The third-order valence-electron chi connectivity index (χ3n) is 4.58. The molecule has 0 radical (unpaired) electrons. The molecule has 1 N–H and O–H groups in total. The van der Waals surface area contributed by atoms with Gasteiger partial charge in [0.15, 0.2) is 6.10 Å². The average molecular weight is 415 g/mol. The van der Waals surface area contributed by atoms with Crippen molar-refractivity contribution >= 4 is 45.6 Å². The molecule has 0 fully saturated rings. The molecule has 2 heterocycles. The van der Waals surface area contributed by atoms with E-state index in [1.54, 1.807) is 17.4 Å². The van der Waals surface area contributed by atoms with Crippen LogP contribution in [0.4, 0.5) is 5.00 Å². The summed E-state index contributed by atoms with van der Waals surface area (Å²) in [5.74, 6) is -1.00. The van der Waals surface area contributed by atoms with Crippen molar-refractivity contribution in [3.63, 3.8) is 0 Å². The summed E-state index contributed by atoms with van der Waals surface area (Å²) < 4.78 is 5.20. The van der Waals surface area contributed by atoms with E-state index in [0.29, 0.717) is 10.6 Å². The van der Waals surface area contributed by atoms with Crippen LogP contribution in [0, 0.1) is 18.3 Å². The lowest BCUT2D eigenvalue weighted by molar-refractivity contribution is -0.148. The maximum absolute atomic E-state index is 12.5. The van der Waals surface area contributed by atoms with Crippen LogP contribution in [0.3, 0.4) is 0 Å². The Kier molecular flexibility index (Phi) is 6.65. The molecule has 1 aliphatic rings. The minimum atomic E-state index is -0.948. The Morgan fingerprint density at radius 2 is 2.04 bits per heavy atom. The topological polar surface area (TPSA) is 79.2 Å². The van der Waals surface area contributed by atoms with Crippen LogP contribution in [0.25, 0.3) is 6.08 Å². The first-order valence-corrected chi connectivity index (χ1v) is 10.9. The van der Waals surface area contributed by atoms with E-state index in [0.717, 1.165) is 41.0 Å². The molecule has 2 aromatic heterocycles. The minimum absolute atomic E-state index is 0.429. The maximum atomic E-state index is 12.5. The van der Waals surface area contributed by atoms with Crippen LogP contribution in [-0.2, 0) is 27.2 Å². The standard InChI is InChI=1S/C21H22N2O3S2/c1-13-8-9-15(27-13)10-11-19(24)26-14(2)20(25)23-21-17(12-22)16-6-4-3-5-7-18(16)28-21/h8-11,14H,3-7H2,1-2H3,(H,23,25)/b11-10+/t14-/m0/s1. The van der Waals surface area contributed by atoms with Gasteiger partial charge in [-0.25, -0.2) is 4.79 Å². The number of amides is 1. The van der Waals surface area contributed by atoms with Gasteiger partial charge >= 0.3 is 5.97 Å². The molecular formula is C21H22N2O3S2. The molecule has 1 aliphatic carbocycles. The van der Waals surface area contributed by atoms with Gasteiger partial charge in [0.25, 0.3) is 5.91 Å². The summed E-state index contributed by atoms with van der Waals surface area (Å²) in [7, 11) is 0. The van der Waals surface area contributed by atoms with Crippen molar-refractivity contribution < 1.29 is 14.3 Å². The third-order valence-corrected chi connectivity index (χ3v) is 6.75. The molecule has 28 heavy (non-hydrogen) atoms. The number of anilines is 1. The monoisotopic (exact) mass is 414 g/mol. The number of rotatable bonds is 5. The van der Waals surface area contributed by atoms with Gasteiger partial charge in [-0.3, -0.25) is 4.79 Å². The lowest BCUT2D eigenvalue weighted by atomic mass is 10.1. The van der Waals surface area contributed by atoms with Gasteiger partial charge in [-0.2, -0.15) is 5.26 Å². The fourth-order valence-electron chi connectivity index (χ4n) is 3.12. The number of nitriles is 1. The van der Waals surface area contributed by atoms with Crippen molar-refractivity contribution in [3.8, 4) is 6.07 Å². The molecule has 5 nitrogen and oxygen atoms in total. The quantitative estimate of drug-likeness (QED) is 0.431. The van der Waals surface area contributed by atoms with Gasteiger partial charge in [0.05, 0.1) is 5.56 Å². The second-order valence-electron chi connectivity index (χ2n) is 6.73. The van der Waals surface area contributed by atoms with Crippen LogP contribution in [0.15, 0.2) is 18.2 Å². The van der Waals surface area contributed by atoms with Gasteiger partial charge < -0.3 is 10.1 Å². The molecule has 2 aromatic rings. The highest BCUT2D eigenvalue weighted by Gasteiger charge is 2.23. The highest BCUT2D eigenvalue weighted by atomic mass is 32.1. The third kappa shape index (κ3) is 4.89. The molecule has 0 unspecified atom stereocenters. The SMILES string of the molecule is Cc1ccc(/C=C/C(=O)O[C@@H](C)C(=O)Nc2sc3c(c2C#N)CCCCC3)s1. The van der Waals surface area contributed by atoms with E-state index in [9.17, 15) is 14.9 Å². The van der Waals surface area contributed by atoms with E-state index in [1.807, 2.05) is 19.1 Å². The Labute approximate surface area is 172 Å². The number of carbonyl (C=O) groups is 2. The van der Waals surface area contributed by atoms with Crippen LogP contribution in [0.5, 0.6) is 0 Å². The zero-order chi connectivity index (χ0) is 20.1. The van der Waals surface area contributed by atoms with Crippen molar-refractivity contribution in [1.82, 2.24) is 0 Å². The van der Waals surface area contributed by atoms with Crippen LogP contribution >= 0.6 is 22.7 Å². The molecule has 0 spiro atoms. The zero-order valence-corrected chi connectivity index (χ0v) is 17.5. The summed E-state index contributed by atoms with van der Waals surface area (Å²) in [6.45, 7) is 3.52. The number of nitrogens with zero attached hydrogens (tertiary/aromatic N) is 1. The second-order valence-corrected chi connectivity index (χ2v) is 9.16. The van der Waals surface area contributed by atoms with Crippen LogP contribution in [0.2, 0.25) is 0 Å². The van der Waals surface area contributed by atoms with Gasteiger partial charge in [-0.15, -0.1) is 22.7 Å². The number of carbonyl (C=O) groups excluding carboxylic acids is 2. The predicted octanol–water partition coefficient (Wildman–Crippen LogP) is 4.84. The number of hydrogen-bond donors (Lipinski definition) is 1. The van der Waals surface area contributed by atoms with Crippen LogP contribution in [-0.4, -0.2) is 18.0 Å². The van der Waals surface area contributed by atoms with Crippen molar-refractivity contribution in [2.45, 2.75) is 52.1 Å². The van der Waals surface area contributed by atoms with E-state index in [1.165, 1.54) is 35.6 Å². The Balaban J connectivity index is 1.62. The summed E-state index contributed by atoms with van der Waals surface area (Å²) in [5, 5.41) is 12.9. The lowest BCUT2D eigenvalue weighted by Crippen LogP contribution is -2.29. The summed E-state index contributed by atoms with van der Waals surface area (Å²) in [6, 6.07) is 6.13. The van der Waals surface area contributed by atoms with Gasteiger partial charge in [0, 0.05) is 20.7 Å². The second kappa shape index (κ2) is 9.18. The zero-order valence-electron chi connectivity index (χ0n) is 15.9. The smallest absolute Gasteiger partial charge is 0.331 e. The van der Waals surface area contributed by atoms with E-state index in [-0.39, 0.29) is 0 Å². The highest BCUT2D eigenvalue weighted by molar-refractivity contribution is 7.16. The van der Waals surface area contributed by atoms with Crippen LogP contribution in [0.1, 0.15) is 51.9 Å². The molecule has 0 aliphatic heterocycles. The summed E-state index contributed by atoms with van der Waals surface area (Å²) >= 11 is 3.04. The number of hydrogen-bond acceptors (Lipinski definition) is 6. The summed E-state index contributed by atoms with van der Waals surface area (Å²) in [4.78, 5) is 27.7. The van der Waals surface area contributed by atoms with E-state index in [2.05, 4.69) is 11.4 Å². The number of ether oxygens (including phenoxy) is 1. The number of fused-ring (bicyclic) bond motifs is 1. The molecule has 0 bridgehead atoms. The molecule has 0 saturated carbocycles. The number of aryl methyl sites for hydroxylation is 2.